The summed E-state index contributed by atoms with van der Waals surface area (Å²) in [6.07, 6.45) is 4.08. The highest BCUT2D eigenvalue weighted by Gasteiger charge is 2.35. The summed E-state index contributed by atoms with van der Waals surface area (Å²) in [5.41, 5.74) is 0.517. The minimum atomic E-state index is 0.517. The smallest absolute Gasteiger partial charge is 0.0275 e. The van der Waals surface area contributed by atoms with E-state index < -0.39 is 0 Å². The van der Waals surface area contributed by atoms with E-state index in [4.69, 9.17) is 0 Å². The molecule has 0 spiro atoms. The van der Waals surface area contributed by atoms with Gasteiger partial charge in [-0.3, -0.25) is 0 Å². The van der Waals surface area contributed by atoms with Crippen LogP contribution in [0.2, 0.25) is 0 Å². The highest BCUT2D eigenvalue weighted by molar-refractivity contribution is 4.85. The standard InChI is InChI=1S/C16H34/c1-9-16(8,15(7)13(4)5)14(6)11-10-12(2)3/h12-15H,9-11H2,1-8H3. The maximum absolute atomic E-state index is 2.50. The summed E-state index contributed by atoms with van der Waals surface area (Å²) in [6.45, 7) is 19.2. The molecule has 0 saturated heterocycles. The van der Waals surface area contributed by atoms with Crippen molar-refractivity contribution in [2.75, 3.05) is 0 Å². The third-order valence-corrected chi connectivity index (χ3v) is 5.10. The van der Waals surface area contributed by atoms with Crippen LogP contribution in [0.3, 0.4) is 0 Å². The van der Waals surface area contributed by atoms with Gasteiger partial charge in [-0.2, -0.15) is 0 Å². The van der Waals surface area contributed by atoms with Crippen molar-refractivity contribution < 1.29 is 0 Å². The van der Waals surface area contributed by atoms with Gasteiger partial charge in [-0.15, -0.1) is 0 Å². The van der Waals surface area contributed by atoms with Crippen molar-refractivity contribution in [1.82, 2.24) is 0 Å². The molecule has 0 aromatic heterocycles. The highest BCUT2D eigenvalue weighted by Crippen LogP contribution is 2.44. The molecule has 0 heterocycles. The van der Waals surface area contributed by atoms with Crippen molar-refractivity contribution in [2.24, 2.45) is 29.1 Å². The van der Waals surface area contributed by atoms with Gasteiger partial charge in [-0.05, 0) is 35.5 Å². The molecule has 0 amide bonds. The molecule has 3 unspecified atom stereocenters. The SMILES string of the molecule is CCC(C)(C(C)CCC(C)C)C(C)C(C)C. The first kappa shape index (κ1) is 16.0. The fraction of sp³-hybridized carbons (Fsp3) is 1.00. The zero-order chi connectivity index (χ0) is 12.9. The van der Waals surface area contributed by atoms with E-state index in [9.17, 15) is 0 Å². The Labute approximate surface area is 104 Å². The zero-order valence-electron chi connectivity index (χ0n) is 12.9. The van der Waals surface area contributed by atoms with E-state index in [0.29, 0.717) is 5.41 Å². The summed E-state index contributed by atoms with van der Waals surface area (Å²) in [5, 5.41) is 0. The Morgan fingerprint density at radius 2 is 1.38 bits per heavy atom. The van der Waals surface area contributed by atoms with Crippen LogP contribution >= 0.6 is 0 Å². The molecule has 0 aliphatic rings. The molecular weight excluding hydrogens is 192 g/mol. The lowest BCUT2D eigenvalue weighted by Gasteiger charge is -2.43. The molecule has 0 aliphatic heterocycles. The molecule has 0 nitrogen and oxygen atoms in total. The monoisotopic (exact) mass is 226 g/mol. The van der Waals surface area contributed by atoms with E-state index in [-0.39, 0.29) is 0 Å². The summed E-state index contributed by atoms with van der Waals surface area (Å²) in [6, 6.07) is 0. The van der Waals surface area contributed by atoms with Crippen LogP contribution in [0.5, 0.6) is 0 Å². The fourth-order valence-corrected chi connectivity index (χ4v) is 2.79. The minimum absolute atomic E-state index is 0.517. The quantitative estimate of drug-likeness (QED) is 0.517. The molecule has 0 saturated carbocycles. The maximum atomic E-state index is 2.50. The third-order valence-electron chi connectivity index (χ3n) is 5.10. The van der Waals surface area contributed by atoms with Crippen LogP contribution in [-0.4, -0.2) is 0 Å². The Morgan fingerprint density at radius 3 is 1.69 bits per heavy atom. The molecule has 0 rings (SSSR count). The summed E-state index contributed by atoms with van der Waals surface area (Å²) in [5.74, 6) is 3.31. The Kier molecular flexibility index (Phi) is 6.67. The molecule has 0 aromatic carbocycles. The molecule has 0 aromatic rings. The second-order valence-corrected chi connectivity index (χ2v) is 6.76. The van der Waals surface area contributed by atoms with Gasteiger partial charge in [0.15, 0.2) is 0 Å². The maximum Gasteiger partial charge on any atom is -0.0275 e. The first-order valence-corrected chi connectivity index (χ1v) is 7.25. The first-order chi connectivity index (χ1) is 7.25. The fourth-order valence-electron chi connectivity index (χ4n) is 2.79. The van der Waals surface area contributed by atoms with Gasteiger partial charge in [-0.1, -0.05) is 68.2 Å². The summed E-state index contributed by atoms with van der Waals surface area (Å²) >= 11 is 0. The van der Waals surface area contributed by atoms with E-state index in [2.05, 4.69) is 55.4 Å². The van der Waals surface area contributed by atoms with Gasteiger partial charge < -0.3 is 0 Å². The largest absolute Gasteiger partial charge is 0.0648 e. The lowest BCUT2D eigenvalue weighted by Crippen LogP contribution is -2.35. The van der Waals surface area contributed by atoms with Crippen molar-refractivity contribution in [3.05, 3.63) is 0 Å². The van der Waals surface area contributed by atoms with Gasteiger partial charge in [-0.25, -0.2) is 0 Å². The van der Waals surface area contributed by atoms with E-state index in [1.807, 2.05) is 0 Å². The lowest BCUT2D eigenvalue weighted by molar-refractivity contribution is 0.0667. The Hall–Kier alpha value is 0. The molecule has 0 aliphatic carbocycles. The Morgan fingerprint density at radius 1 is 0.875 bits per heavy atom. The molecule has 0 radical (unpaired) electrons. The summed E-state index contributed by atoms with van der Waals surface area (Å²) < 4.78 is 0. The summed E-state index contributed by atoms with van der Waals surface area (Å²) in [7, 11) is 0. The summed E-state index contributed by atoms with van der Waals surface area (Å²) in [4.78, 5) is 0. The normalized spacial score (nSPS) is 19.9. The van der Waals surface area contributed by atoms with Crippen LogP contribution in [0.25, 0.3) is 0 Å². The van der Waals surface area contributed by atoms with E-state index >= 15 is 0 Å². The zero-order valence-corrected chi connectivity index (χ0v) is 12.9. The lowest BCUT2D eigenvalue weighted by atomic mass is 9.62. The average Bonchev–Trinajstić information content (AvgIpc) is 2.23. The third kappa shape index (κ3) is 4.11. The number of hydrogen-bond acceptors (Lipinski definition) is 0. The van der Waals surface area contributed by atoms with Crippen molar-refractivity contribution >= 4 is 0 Å². The molecule has 3 atom stereocenters. The second-order valence-electron chi connectivity index (χ2n) is 6.76. The van der Waals surface area contributed by atoms with Crippen molar-refractivity contribution in [1.29, 1.82) is 0 Å². The topological polar surface area (TPSA) is 0 Å². The van der Waals surface area contributed by atoms with Crippen molar-refractivity contribution in [2.45, 2.75) is 74.7 Å². The number of rotatable bonds is 7. The molecule has 0 fully saturated rings. The van der Waals surface area contributed by atoms with Gasteiger partial charge in [0, 0.05) is 0 Å². The Balaban J connectivity index is 4.54. The number of hydrogen-bond donors (Lipinski definition) is 0. The highest BCUT2D eigenvalue weighted by atomic mass is 14.4. The van der Waals surface area contributed by atoms with Crippen LogP contribution in [0.1, 0.15) is 74.7 Å². The van der Waals surface area contributed by atoms with Gasteiger partial charge in [0.05, 0.1) is 0 Å². The van der Waals surface area contributed by atoms with Crippen molar-refractivity contribution in [3.8, 4) is 0 Å². The second kappa shape index (κ2) is 6.67. The van der Waals surface area contributed by atoms with E-state index in [1.54, 1.807) is 0 Å². The predicted octanol–water partition coefficient (Wildman–Crippen LogP) is 5.77. The van der Waals surface area contributed by atoms with Crippen LogP contribution in [0.4, 0.5) is 0 Å². The van der Waals surface area contributed by atoms with Gasteiger partial charge in [0.1, 0.15) is 0 Å². The first-order valence-electron chi connectivity index (χ1n) is 7.25. The van der Waals surface area contributed by atoms with Crippen LogP contribution in [0, 0.1) is 29.1 Å². The van der Waals surface area contributed by atoms with Gasteiger partial charge in [0.25, 0.3) is 0 Å². The Bertz CT molecular complexity index is 180. The van der Waals surface area contributed by atoms with E-state index in [1.165, 1.54) is 19.3 Å². The molecule has 0 bridgehead atoms. The van der Waals surface area contributed by atoms with Gasteiger partial charge in [0.2, 0.25) is 0 Å². The van der Waals surface area contributed by atoms with Crippen LogP contribution in [-0.2, 0) is 0 Å². The van der Waals surface area contributed by atoms with Crippen LogP contribution < -0.4 is 0 Å². The molecule has 0 heteroatoms. The van der Waals surface area contributed by atoms with Crippen molar-refractivity contribution in [3.63, 3.8) is 0 Å². The predicted molar refractivity (Wildman–Crippen MR) is 75.6 cm³/mol. The molecule has 16 heavy (non-hydrogen) atoms. The van der Waals surface area contributed by atoms with Crippen LogP contribution in [0.15, 0.2) is 0 Å². The van der Waals surface area contributed by atoms with E-state index in [0.717, 1.165) is 23.7 Å². The van der Waals surface area contributed by atoms with Gasteiger partial charge >= 0.3 is 0 Å². The molecule has 98 valence electrons. The molecule has 0 N–H and O–H groups in total. The minimum Gasteiger partial charge on any atom is -0.0648 e. The average molecular weight is 226 g/mol. The molecular formula is C16H34.